The van der Waals surface area contributed by atoms with Crippen LogP contribution in [0.25, 0.3) is 0 Å². The molecule has 3 aromatic rings. The molecule has 1 N–H and O–H groups in total. The summed E-state index contributed by atoms with van der Waals surface area (Å²) in [5, 5.41) is 0. The van der Waals surface area contributed by atoms with Crippen molar-refractivity contribution in [1.29, 1.82) is 0 Å². The Morgan fingerprint density at radius 1 is 0.821 bits per heavy atom. The molecule has 0 aliphatic carbocycles. The maximum absolute atomic E-state index is 12.8. The summed E-state index contributed by atoms with van der Waals surface area (Å²) in [6, 6.07) is 20.4. The second kappa shape index (κ2) is 8.67. The Morgan fingerprint density at radius 3 is 2.11 bits per heavy atom. The highest BCUT2D eigenvalue weighted by atomic mass is 32.2. The second-order valence-electron chi connectivity index (χ2n) is 5.76. The highest BCUT2D eigenvalue weighted by molar-refractivity contribution is 7.92. The molecule has 146 valence electrons. The van der Waals surface area contributed by atoms with Gasteiger partial charge in [0.2, 0.25) is 0 Å². The number of hydrogen-bond acceptors (Lipinski definition) is 5. The van der Waals surface area contributed by atoms with Crippen LogP contribution in [0.3, 0.4) is 0 Å². The monoisotopic (exact) mass is 399 g/mol. The van der Waals surface area contributed by atoms with E-state index in [1.54, 1.807) is 66.7 Å². The molecule has 3 aromatic carbocycles. The van der Waals surface area contributed by atoms with E-state index in [-0.39, 0.29) is 10.6 Å². The van der Waals surface area contributed by atoms with E-state index >= 15 is 0 Å². The predicted molar refractivity (Wildman–Crippen MR) is 108 cm³/mol. The Labute approximate surface area is 164 Å². The van der Waals surface area contributed by atoms with E-state index in [4.69, 9.17) is 14.2 Å². The molecular formula is C21H21NO5S. The molecule has 0 unspecified atom stereocenters. The summed E-state index contributed by atoms with van der Waals surface area (Å²) in [6.45, 7) is 2.49. The minimum atomic E-state index is -3.86. The van der Waals surface area contributed by atoms with Crippen LogP contribution in [0.15, 0.2) is 77.7 Å². The van der Waals surface area contributed by atoms with Crippen LogP contribution in [0, 0.1) is 0 Å². The fraction of sp³-hybridized carbons (Fsp3) is 0.143. The number of benzene rings is 3. The molecule has 0 fully saturated rings. The van der Waals surface area contributed by atoms with E-state index in [0.29, 0.717) is 23.8 Å². The van der Waals surface area contributed by atoms with Gasteiger partial charge in [0.05, 0.1) is 19.4 Å². The van der Waals surface area contributed by atoms with Gasteiger partial charge in [0.25, 0.3) is 10.0 Å². The molecule has 0 aliphatic heterocycles. The zero-order chi connectivity index (χ0) is 20.0. The maximum atomic E-state index is 12.8. The van der Waals surface area contributed by atoms with Gasteiger partial charge in [0.15, 0.2) is 5.75 Å². The van der Waals surface area contributed by atoms with Crippen molar-refractivity contribution >= 4 is 15.7 Å². The molecule has 6 nitrogen and oxygen atoms in total. The minimum Gasteiger partial charge on any atom is -0.495 e. The van der Waals surface area contributed by atoms with E-state index in [0.717, 1.165) is 5.75 Å². The van der Waals surface area contributed by atoms with E-state index in [1.165, 1.54) is 13.2 Å². The van der Waals surface area contributed by atoms with Crippen molar-refractivity contribution in [2.24, 2.45) is 0 Å². The number of ether oxygens (including phenoxy) is 3. The quantitative estimate of drug-likeness (QED) is 0.595. The van der Waals surface area contributed by atoms with Crippen molar-refractivity contribution in [2.75, 3.05) is 18.4 Å². The zero-order valence-electron chi connectivity index (χ0n) is 15.6. The molecule has 28 heavy (non-hydrogen) atoms. The van der Waals surface area contributed by atoms with Crippen molar-refractivity contribution in [3.63, 3.8) is 0 Å². The van der Waals surface area contributed by atoms with Gasteiger partial charge < -0.3 is 14.2 Å². The van der Waals surface area contributed by atoms with E-state index < -0.39 is 10.0 Å². The normalized spacial score (nSPS) is 10.9. The number of nitrogens with one attached hydrogen (secondary N) is 1. The highest BCUT2D eigenvalue weighted by Gasteiger charge is 2.20. The SMILES string of the molecule is CCOc1ccc(Oc2ccccc2NS(=O)(=O)c2ccccc2OC)cc1. The summed E-state index contributed by atoms with van der Waals surface area (Å²) in [5.74, 6) is 1.94. The first-order chi connectivity index (χ1) is 13.5. The fourth-order valence-corrected chi connectivity index (χ4v) is 3.82. The second-order valence-corrected chi connectivity index (χ2v) is 7.41. The summed E-state index contributed by atoms with van der Waals surface area (Å²) in [5.41, 5.74) is 0.322. The minimum absolute atomic E-state index is 0.0494. The predicted octanol–water partition coefficient (Wildman–Crippen LogP) is 4.69. The standard InChI is InChI=1S/C21H21NO5S/c1-3-26-16-12-14-17(15-13-16)27-19-9-5-4-8-18(19)22-28(23,24)21-11-7-6-10-20(21)25-2/h4-15,22H,3H2,1-2H3. The average molecular weight is 399 g/mol. The molecular weight excluding hydrogens is 378 g/mol. The van der Waals surface area contributed by atoms with Gasteiger partial charge in [0.1, 0.15) is 22.1 Å². The lowest BCUT2D eigenvalue weighted by atomic mass is 10.3. The number of methoxy groups -OCH3 is 1. The number of rotatable bonds is 8. The van der Waals surface area contributed by atoms with Crippen molar-refractivity contribution in [3.05, 3.63) is 72.8 Å². The molecule has 0 spiro atoms. The molecule has 7 heteroatoms. The first-order valence-corrected chi connectivity index (χ1v) is 10.2. The molecule has 0 saturated carbocycles. The Morgan fingerprint density at radius 2 is 1.43 bits per heavy atom. The van der Waals surface area contributed by atoms with Crippen molar-refractivity contribution in [1.82, 2.24) is 0 Å². The van der Waals surface area contributed by atoms with E-state index in [2.05, 4.69) is 4.72 Å². The molecule has 0 atom stereocenters. The lowest BCUT2D eigenvalue weighted by molar-refractivity contribution is 0.339. The van der Waals surface area contributed by atoms with Gasteiger partial charge in [-0.3, -0.25) is 4.72 Å². The third-order valence-corrected chi connectivity index (χ3v) is 5.26. The summed E-state index contributed by atoms with van der Waals surface area (Å²) in [4.78, 5) is 0.0494. The summed E-state index contributed by atoms with van der Waals surface area (Å²) in [7, 11) is -2.43. The lowest BCUT2D eigenvalue weighted by Crippen LogP contribution is -2.14. The Hall–Kier alpha value is -3.19. The molecule has 0 radical (unpaired) electrons. The van der Waals surface area contributed by atoms with Crippen molar-refractivity contribution in [3.8, 4) is 23.0 Å². The van der Waals surface area contributed by atoms with Gasteiger partial charge in [-0.15, -0.1) is 0 Å². The van der Waals surface area contributed by atoms with E-state index in [9.17, 15) is 8.42 Å². The third-order valence-electron chi connectivity index (χ3n) is 3.85. The molecule has 0 aliphatic rings. The highest BCUT2D eigenvalue weighted by Crippen LogP contribution is 2.33. The average Bonchev–Trinajstić information content (AvgIpc) is 2.71. The zero-order valence-corrected chi connectivity index (χ0v) is 16.4. The van der Waals surface area contributed by atoms with Gasteiger partial charge in [-0.05, 0) is 55.5 Å². The molecule has 0 heterocycles. The number of hydrogen-bond donors (Lipinski definition) is 1. The number of sulfonamides is 1. The van der Waals surface area contributed by atoms with Gasteiger partial charge in [-0.25, -0.2) is 8.42 Å². The third kappa shape index (κ3) is 4.55. The molecule has 3 rings (SSSR count). The van der Waals surface area contributed by atoms with Crippen LogP contribution >= 0.6 is 0 Å². The van der Waals surface area contributed by atoms with Crippen LogP contribution in [-0.4, -0.2) is 22.1 Å². The van der Waals surface area contributed by atoms with Crippen LogP contribution in [0.1, 0.15) is 6.92 Å². The Bertz CT molecular complexity index is 1030. The van der Waals surface area contributed by atoms with Crippen LogP contribution < -0.4 is 18.9 Å². The largest absolute Gasteiger partial charge is 0.495 e. The van der Waals surface area contributed by atoms with Crippen LogP contribution in [0.4, 0.5) is 5.69 Å². The Balaban J connectivity index is 1.86. The topological polar surface area (TPSA) is 73.9 Å². The van der Waals surface area contributed by atoms with E-state index in [1.807, 2.05) is 6.92 Å². The molecule has 0 bridgehead atoms. The van der Waals surface area contributed by atoms with Gasteiger partial charge >= 0.3 is 0 Å². The van der Waals surface area contributed by atoms with Crippen molar-refractivity contribution in [2.45, 2.75) is 11.8 Å². The van der Waals surface area contributed by atoms with Crippen molar-refractivity contribution < 1.29 is 22.6 Å². The number of anilines is 1. The van der Waals surface area contributed by atoms with Crippen LogP contribution in [0.5, 0.6) is 23.0 Å². The Kier molecular flexibility index (Phi) is 6.06. The van der Waals surface area contributed by atoms with Crippen LogP contribution in [0.2, 0.25) is 0 Å². The molecule has 0 aromatic heterocycles. The maximum Gasteiger partial charge on any atom is 0.265 e. The summed E-state index contributed by atoms with van der Waals surface area (Å²) < 4.78 is 44.7. The lowest BCUT2D eigenvalue weighted by Gasteiger charge is -2.15. The fourth-order valence-electron chi connectivity index (χ4n) is 2.58. The summed E-state index contributed by atoms with van der Waals surface area (Å²) >= 11 is 0. The van der Waals surface area contributed by atoms with Gasteiger partial charge in [0, 0.05) is 0 Å². The van der Waals surface area contributed by atoms with Gasteiger partial charge in [-0.1, -0.05) is 24.3 Å². The first-order valence-electron chi connectivity index (χ1n) is 8.69. The smallest absolute Gasteiger partial charge is 0.265 e. The first kappa shape index (κ1) is 19.6. The van der Waals surface area contributed by atoms with Gasteiger partial charge in [-0.2, -0.15) is 0 Å². The number of para-hydroxylation sites is 3. The summed E-state index contributed by atoms with van der Waals surface area (Å²) in [6.07, 6.45) is 0. The molecule has 0 saturated heterocycles. The van der Waals surface area contributed by atoms with Crippen LogP contribution in [-0.2, 0) is 10.0 Å². The molecule has 0 amide bonds.